The van der Waals surface area contributed by atoms with Gasteiger partial charge in [-0.15, -0.1) is 0 Å². The number of fused-ring (bicyclic) bond motifs is 1. The predicted octanol–water partition coefficient (Wildman–Crippen LogP) is 16.0. The monoisotopic (exact) mass is 854 g/mol. The summed E-state index contributed by atoms with van der Waals surface area (Å²) in [5, 5.41) is 12.9. The van der Waals surface area contributed by atoms with Crippen molar-refractivity contribution in [1.29, 1.82) is 0 Å². The first-order valence-electron chi connectivity index (χ1n) is 29.9. The zero-order valence-electron chi connectivity index (χ0n) is 53.5. The molecule has 2 heterocycles. The fourth-order valence-corrected chi connectivity index (χ4v) is 8.13. The summed E-state index contributed by atoms with van der Waals surface area (Å²) in [7, 11) is 0. The summed E-state index contributed by atoms with van der Waals surface area (Å²) in [6.07, 6.45) is 1.73. The summed E-state index contributed by atoms with van der Waals surface area (Å²) in [5.74, 6) is -1.75. The fourth-order valence-electron chi connectivity index (χ4n) is 8.13. The molecule has 0 radical (unpaired) electrons. The minimum atomic E-state index is -4.12. The molecule has 4 nitrogen and oxygen atoms in total. The van der Waals surface area contributed by atoms with Crippen molar-refractivity contribution in [3.05, 3.63) is 193 Å². The molecule has 0 unspecified atom stereocenters. The number of para-hydroxylation sites is 1. The van der Waals surface area contributed by atoms with E-state index in [4.69, 9.17) is 34.6 Å². The standard InChI is InChI=1S/C60H57N3O/c1-58(2,3)47-34-45(33-46(35-47)53-36-44(31-32-61-53)43-25-23-41(24-26-43)39-17-12-10-13-18-39)50-21-16-22-54-55(50)62-57(51-37-48(59(4,5)6)38-52(56(51)64)60(7,8)9)63(54)49-29-27-42(28-30-49)40-19-14-11-15-20-40/h10-38,64H,1-9H3/i4D3,5D3,6D3,7D3,8D3,9D3. The Bertz CT molecular complexity index is 3740. The van der Waals surface area contributed by atoms with Gasteiger partial charge in [0.15, 0.2) is 0 Å². The Balaban J connectivity index is 1.38. The average molecular weight is 854 g/mol. The molecule has 0 amide bonds. The zero-order valence-corrected chi connectivity index (χ0v) is 35.5. The van der Waals surface area contributed by atoms with Crippen molar-refractivity contribution in [2.45, 2.75) is 78.1 Å². The number of phenolic OH excluding ortho intramolecular Hbond substituents is 1. The second kappa shape index (κ2) is 16.3. The minimum Gasteiger partial charge on any atom is -0.507 e. The molecule has 0 saturated carbocycles. The van der Waals surface area contributed by atoms with Crippen molar-refractivity contribution in [3.63, 3.8) is 0 Å². The summed E-state index contributed by atoms with van der Waals surface area (Å²) in [6.45, 7) is -18.3. The van der Waals surface area contributed by atoms with Crippen LogP contribution in [0.1, 0.15) is 103 Å². The van der Waals surface area contributed by atoms with Crippen molar-refractivity contribution in [1.82, 2.24) is 14.5 Å². The first-order chi connectivity index (χ1) is 38.0. The van der Waals surface area contributed by atoms with Gasteiger partial charge in [0.05, 0.1) is 22.3 Å². The summed E-state index contributed by atoms with van der Waals surface area (Å²) < 4.78 is 158. The molecule has 0 fully saturated rings. The number of pyridine rings is 1. The normalized spacial score (nSPS) is 17.5. The van der Waals surface area contributed by atoms with Crippen LogP contribution in [0, 0.1) is 0 Å². The molecule has 1 N–H and O–H groups in total. The molecule has 318 valence electrons. The predicted molar refractivity (Wildman–Crippen MR) is 269 cm³/mol. The summed E-state index contributed by atoms with van der Waals surface area (Å²) in [6, 6.07) is 50.5. The number of hydrogen-bond acceptors (Lipinski definition) is 3. The molecule has 9 aromatic rings. The van der Waals surface area contributed by atoms with Crippen molar-refractivity contribution >= 4 is 11.0 Å². The van der Waals surface area contributed by atoms with Crippen LogP contribution in [0.2, 0.25) is 0 Å². The highest BCUT2D eigenvalue weighted by Gasteiger charge is 2.29. The lowest BCUT2D eigenvalue weighted by atomic mass is 9.79. The van der Waals surface area contributed by atoms with Crippen LogP contribution in [0.25, 0.3) is 83.9 Å². The van der Waals surface area contributed by atoms with Gasteiger partial charge in [0.25, 0.3) is 0 Å². The highest BCUT2D eigenvalue weighted by atomic mass is 16.3. The van der Waals surface area contributed by atoms with Gasteiger partial charge >= 0.3 is 0 Å². The van der Waals surface area contributed by atoms with Gasteiger partial charge in [-0.25, -0.2) is 4.98 Å². The minimum absolute atomic E-state index is 0.190. The maximum Gasteiger partial charge on any atom is 0.149 e. The van der Waals surface area contributed by atoms with E-state index in [-0.39, 0.29) is 11.0 Å². The number of imidazole rings is 1. The van der Waals surface area contributed by atoms with Crippen molar-refractivity contribution in [2.75, 3.05) is 0 Å². The molecule has 4 heteroatoms. The summed E-state index contributed by atoms with van der Waals surface area (Å²) >= 11 is 0. The second-order valence-corrected chi connectivity index (χ2v) is 17.2. The summed E-state index contributed by atoms with van der Waals surface area (Å²) in [4.78, 5) is 9.95. The summed E-state index contributed by atoms with van der Waals surface area (Å²) in [5.41, 5.74) is -2.35. The third kappa shape index (κ3) is 8.29. The number of benzene rings is 7. The van der Waals surface area contributed by atoms with E-state index in [2.05, 4.69) is 12.1 Å². The van der Waals surface area contributed by atoms with E-state index in [1.54, 1.807) is 48.7 Å². The number of aromatic hydroxyl groups is 1. The van der Waals surface area contributed by atoms with Gasteiger partial charge in [-0.2, -0.15) is 0 Å². The quantitative estimate of drug-likeness (QED) is 0.174. The molecule has 7 aromatic carbocycles. The Kier molecular flexibility index (Phi) is 6.58. The molecule has 0 aliphatic carbocycles. The largest absolute Gasteiger partial charge is 0.507 e. The van der Waals surface area contributed by atoms with Gasteiger partial charge in [-0.1, -0.05) is 183 Å². The van der Waals surface area contributed by atoms with E-state index in [1.165, 1.54) is 4.57 Å². The molecule has 0 aliphatic heterocycles. The first-order valence-corrected chi connectivity index (χ1v) is 20.9. The van der Waals surface area contributed by atoms with Crippen LogP contribution in [0.3, 0.4) is 0 Å². The van der Waals surface area contributed by atoms with Crippen LogP contribution in [0.5, 0.6) is 5.75 Å². The maximum atomic E-state index is 12.9. The number of phenols is 1. The molecular weight excluding hydrogens is 779 g/mol. The molecular formula is C60H57N3O. The van der Waals surface area contributed by atoms with Crippen molar-refractivity contribution < 1.29 is 29.8 Å². The Morgan fingerprint density at radius 1 is 0.469 bits per heavy atom. The van der Waals surface area contributed by atoms with Crippen LogP contribution >= 0.6 is 0 Å². The van der Waals surface area contributed by atoms with Gasteiger partial charge in [-0.3, -0.25) is 9.55 Å². The highest BCUT2D eigenvalue weighted by Crippen LogP contribution is 2.45. The van der Waals surface area contributed by atoms with Crippen LogP contribution in [-0.4, -0.2) is 19.6 Å². The van der Waals surface area contributed by atoms with Gasteiger partial charge in [0.2, 0.25) is 0 Å². The van der Waals surface area contributed by atoms with Crippen LogP contribution < -0.4 is 0 Å². The van der Waals surface area contributed by atoms with Crippen molar-refractivity contribution in [2.24, 2.45) is 0 Å². The van der Waals surface area contributed by atoms with E-state index in [0.717, 1.165) is 50.6 Å². The average Bonchev–Trinajstić information content (AvgIpc) is 0.885. The highest BCUT2D eigenvalue weighted by molar-refractivity contribution is 5.97. The molecule has 9 rings (SSSR count). The first kappa shape index (κ1) is 25.9. The molecule has 0 spiro atoms. The number of rotatable bonds is 7. The Hall–Kier alpha value is -7.04. The van der Waals surface area contributed by atoms with Crippen molar-refractivity contribution in [3.8, 4) is 78.6 Å². The zero-order chi connectivity index (χ0) is 60.0. The number of aromatic nitrogens is 3. The smallest absolute Gasteiger partial charge is 0.149 e. The molecule has 0 bridgehead atoms. The van der Waals surface area contributed by atoms with E-state index in [1.807, 2.05) is 124 Å². The van der Waals surface area contributed by atoms with E-state index < -0.39 is 85.6 Å². The van der Waals surface area contributed by atoms with Gasteiger partial charge in [-0.05, 0) is 115 Å². The van der Waals surface area contributed by atoms with Gasteiger partial charge in [0, 0.05) is 53.2 Å². The van der Waals surface area contributed by atoms with Crippen LogP contribution in [0.15, 0.2) is 176 Å². The Labute approximate surface area is 404 Å². The molecule has 0 saturated heterocycles. The third-order valence-corrected chi connectivity index (χ3v) is 11.6. The van der Waals surface area contributed by atoms with E-state index >= 15 is 0 Å². The van der Waals surface area contributed by atoms with E-state index in [9.17, 15) is 5.11 Å². The lowest BCUT2D eigenvalue weighted by Crippen LogP contribution is -2.17. The SMILES string of the molecule is [2H]C([2H])([2H])C(c1cc(-c2nc3c(-c4cc(-c5cc(-c6ccc(-c7ccccc7)cc6)ccn5)cc(C(C)(C)C)c4)cccc3n2-c2ccc(-c3ccccc3)cc2)c(O)c(C(C([2H])([2H])[2H])(C([2H])([2H])[2H])C([2H])([2H])[2H])c1)(C([2H])([2H])[2H])C([2H])([2H])[2H]. The topological polar surface area (TPSA) is 50.9 Å². The Morgan fingerprint density at radius 3 is 1.64 bits per heavy atom. The van der Waals surface area contributed by atoms with Gasteiger partial charge < -0.3 is 5.11 Å². The van der Waals surface area contributed by atoms with Gasteiger partial charge in [0.1, 0.15) is 11.6 Å². The third-order valence-electron chi connectivity index (χ3n) is 11.6. The molecule has 2 aromatic heterocycles. The van der Waals surface area contributed by atoms with Crippen LogP contribution in [-0.2, 0) is 16.2 Å². The lowest BCUT2D eigenvalue weighted by molar-refractivity contribution is 0.446. The number of nitrogens with zero attached hydrogens (tertiary/aromatic N) is 3. The molecule has 0 aliphatic rings. The fraction of sp³-hybridized carbons (Fsp3) is 0.200. The maximum absolute atomic E-state index is 12.9. The second-order valence-electron chi connectivity index (χ2n) is 17.2. The Morgan fingerprint density at radius 2 is 1.03 bits per heavy atom. The van der Waals surface area contributed by atoms with Crippen LogP contribution in [0.4, 0.5) is 0 Å². The lowest BCUT2D eigenvalue weighted by Gasteiger charge is -2.27. The van der Waals surface area contributed by atoms with E-state index in [0.29, 0.717) is 28.6 Å². The molecule has 64 heavy (non-hydrogen) atoms. The number of hydrogen-bond donors (Lipinski definition) is 1. The molecule has 0 atom stereocenters.